The summed E-state index contributed by atoms with van der Waals surface area (Å²) in [5.74, 6) is 0.634. The van der Waals surface area contributed by atoms with Gasteiger partial charge in [-0.25, -0.2) is 4.79 Å². The van der Waals surface area contributed by atoms with Crippen molar-refractivity contribution in [2.24, 2.45) is 7.05 Å². The molecule has 1 N–H and O–H groups in total. The van der Waals surface area contributed by atoms with Gasteiger partial charge < -0.3 is 19.7 Å². The van der Waals surface area contributed by atoms with E-state index in [1.54, 1.807) is 12.0 Å². The van der Waals surface area contributed by atoms with Crippen LogP contribution in [0.15, 0.2) is 6.20 Å². The van der Waals surface area contributed by atoms with Crippen molar-refractivity contribution in [1.29, 1.82) is 0 Å². The van der Waals surface area contributed by atoms with Gasteiger partial charge in [-0.1, -0.05) is 0 Å². The Morgan fingerprint density at radius 3 is 3.09 bits per heavy atom. The van der Waals surface area contributed by atoms with E-state index < -0.39 is 0 Å². The van der Waals surface area contributed by atoms with E-state index in [0.29, 0.717) is 38.8 Å². The summed E-state index contributed by atoms with van der Waals surface area (Å²) in [6.07, 6.45) is 4.36. The van der Waals surface area contributed by atoms with Crippen molar-refractivity contribution in [3.63, 3.8) is 0 Å². The zero-order valence-corrected chi connectivity index (χ0v) is 13.2. The molecule has 1 saturated heterocycles. The number of methoxy groups -OCH3 is 1. The van der Waals surface area contributed by atoms with Gasteiger partial charge in [0.1, 0.15) is 0 Å². The van der Waals surface area contributed by atoms with Crippen molar-refractivity contribution < 1.29 is 14.3 Å². The van der Waals surface area contributed by atoms with Crippen molar-refractivity contribution in [1.82, 2.24) is 20.0 Å². The van der Waals surface area contributed by atoms with Crippen molar-refractivity contribution in [2.75, 3.05) is 33.4 Å². The van der Waals surface area contributed by atoms with Crippen LogP contribution in [0.25, 0.3) is 0 Å². The molecule has 2 amide bonds. The molecule has 1 saturated carbocycles. The maximum Gasteiger partial charge on any atom is 0.317 e. The number of nitrogens with one attached hydrogen (secondary N) is 1. The summed E-state index contributed by atoms with van der Waals surface area (Å²) in [4.78, 5) is 14.1. The Kier molecular flexibility index (Phi) is 4.63. The molecule has 1 atom stereocenters. The van der Waals surface area contributed by atoms with E-state index >= 15 is 0 Å². The van der Waals surface area contributed by atoms with E-state index in [0.717, 1.165) is 5.69 Å². The van der Waals surface area contributed by atoms with Crippen LogP contribution in [0.4, 0.5) is 4.79 Å². The number of carbonyl (C=O) groups is 1. The Morgan fingerprint density at radius 2 is 2.36 bits per heavy atom. The average Bonchev–Trinajstić information content (AvgIpc) is 3.30. The van der Waals surface area contributed by atoms with Crippen LogP contribution < -0.4 is 5.32 Å². The lowest BCUT2D eigenvalue weighted by Gasteiger charge is -2.32. The first-order valence-corrected chi connectivity index (χ1v) is 7.83. The zero-order valence-electron chi connectivity index (χ0n) is 13.2. The predicted octanol–water partition coefficient (Wildman–Crippen LogP) is 0.854. The van der Waals surface area contributed by atoms with Gasteiger partial charge in [-0.3, -0.25) is 4.68 Å². The van der Waals surface area contributed by atoms with Crippen LogP contribution in [0.2, 0.25) is 0 Å². The van der Waals surface area contributed by atoms with Crippen LogP contribution in [0, 0.1) is 0 Å². The Balaban J connectivity index is 1.55. The van der Waals surface area contributed by atoms with E-state index in [9.17, 15) is 4.79 Å². The molecule has 1 aromatic rings. The van der Waals surface area contributed by atoms with Crippen molar-refractivity contribution >= 4 is 6.03 Å². The molecule has 3 rings (SSSR count). The number of carbonyl (C=O) groups excluding carboxylic acids is 1. The van der Waals surface area contributed by atoms with Crippen LogP contribution >= 0.6 is 0 Å². The van der Waals surface area contributed by atoms with Crippen LogP contribution in [0.1, 0.15) is 30.0 Å². The number of hydrogen-bond acceptors (Lipinski definition) is 4. The number of aryl methyl sites for hydroxylation is 1. The maximum atomic E-state index is 12.3. The molecule has 0 spiro atoms. The lowest BCUT2D eigenvalue weighted by Crippen LogP contribution is -2.50. The summed E-state index contributed by atoms with van der Waals surface area (Å²) in [6.45, 7) is 2.78. The molecule has 1 aromatic heterocycles. The average molecular weight is 308 g/mol. The van der Waals surface area contributed by atoms with Crippen LogP contribution in [-0.2, 0) is 23.1 Å². The van der Waals surface area contributed by atoms with E-state index in [4.69, 9.17) is 9.47 Å². The second-order valence-electron chi connectivity index (χ2n) is 6.00. The number of morpholine rings is 1. The first-order valence-electron chi connectivity index (χ1n) is 7.83. The zero-order chi connectivity index (χ0) is 15.5. The predicted molar refractivity (Wildman–Crippen MR) is 80.6 cm³/mol. The van der Waals surface area contributed by atoms with Gasteiger partial charge in [0, 0.05) is 20.7 Å². The highest BCUT2D eigenvalue weighted by Crippen LogP contribution is 2.41. The van der Waals surface area contributed by atoms with E-state index in [1.807, 2.05) is 17.9 Å². The van der Waals surface area contributed by atoms with Crippen LogP contribution in [0.5, 0.6) is 0 Å². The minimum Gasteiger partial charge on any atom is -0.382 e. The number of hydrogen-bond donors (Lipinski definition) is 1. The Labute approximate surface area is 130 Å². The van der Waals surface area contributed by atoms with Gasteiger partial charge in [0.15, 0.2) is 0 Å². The van der Waals surface area contributed by atoms with E-state index in [1.165, 1.54) is 18.4 Å². The van der Waals surface area contributed by atoms with Crippen LogP contribution in [0.3, 0.4) is 0 Å². The highest BCUT2D eigenvalue weighted by atomic mass is 16.5. The molecule has 2 aliphatic rings. The molecule has 0 radical (unpaired) electrons. The van der Waals surface area contributed by atoms with Crippen molar-refractivity contribution in [3.8, 4) is 0 Å². The molecule has 1 unspecified atom stereocenters. The minimum atomic E-state index is -0.0487. The summed E-state index contributed by atoms with van der Waals surface area (Å²) in [7, 11) is 3.57. The monoisotopic (exact) mass is 308 g/mol. The highest BCUT2D eigenvalue weighted by Gasteiger charge is 2.29. The molecule has 1 aliphatic heterocycles. The fraction of sp³-hybridized carbons (Fsp3) is 0.733. The summed E-state index contributed by atoms with van der Waals surface area (Å²) in [5, 5.41) is 7.33. The summed E-state index contributed by atoms with van der Waals surface area (Å²) in [6, 6.07) is -0.0487. The van der Waals surface area contributed by atoms with E-state index in [-0.39, 0.29) is 12.1 Å². The second-order valence-corrected chi connectivity index (χ2v) is 6.00. The largest absolute Gasteiger partial charge is 0.382 e. The SMILES string of the molecule is COCC1CN(C(=O)NCc2c(C3CC3)cnn2C)CCO1. The third-order valence-electron chi connectivity index (χ3n) is 4.30. The number of aromatic nitrogens is 2. The Morgan fingerprint density at radius 1 is 1.55 bits per heavy atom. The summed E-state index contributed by atoms with van der Waals surface area (Å²) in [5.41, 5.74) is 2.39. The van der Waals surface area contributed by atoms with Crippen molar-refractivity contribution in [2.45, 2.75) is 31.4 Å². The number of rotatable bonds is 5. The minimum absolute atomic E-state index is 0.0387. The molecule has 122 valence electrons. The van der Waals surface area contributed by atoms with Gasteiger partial charge in [-0.15, -0.1) is 0 Å². The third-order valence-corrected chi connectivity index (χ3v) is 4.30. The quantitative estimate of drug-likeness (QED) is 0.876. The molecule has 22 heavy (non-hydrogen) atoms. The normalized spacial score (nSPS) is 21.9. The molecule has 1 aliphatic carbocycles. The highest BCUT2D eigenvalue weighted by molar-refractivity contribution is 5.74. The van der Waals surface area contributed by atoms with Gasteiger partial charge in [-0.2, -0.15) is 5.10 Å². The van der Waals surface area contributed by atoms with E-state index in [2.05, 4.69) is 10.4 Å². The first-order chi connectivity index (χ1) is 10.7. The van der Waals surface area contributed by atoms with Crippen LogP contribution in [-0.4, -0.2) is 60.2 Å². The number of nitrogens with zero attached hydrogens (tertiary/aromatic N) is 3. The van der Waals surface area contributed by atoms with Gasteiger partial charge in [0.05, 0.1) is 44.3 Å². The fourth-order valence-electron chi connectivity index (χ4n) is 2.89. The van der Waals surface area contributed by atoms with Gasteiger partial charge in [0.2, 0.25) is 0 Å². The Bertz CT molecular complexity index is 525. The third kappa shape index (κ3) is 3.41. The lowest BCUT2D eigenvalue weighted by molar-refractivity contribution is -0.0494. The van der Waals surface area contributed by atoms with Gasteiger partial charge in [-0.05, 0) is 24.3 Å². The summed E-state index contributed by atoms with van der Waals surface area (Å²) < 4.78 is 12.5. The molecule has 7 heteroatoms. The lowest BCUT2D eigenvalue weighted by atomic mass is 10.1. The molecular weight excluding hydrogens is 284 g/mol. The smallest absolute Gasteiger partial charge is 0.317 e. The standard InChI is InChI=1S/C15H24N4O3/c1-18-14(13(7-17-18)11-3-4-11)8-16-15(20)19-5-6-22-12(9-19)10-21-2/h7,11-12H,3-6,8-10H2,1-2H3,(H,16,20). The van der Waals surface area contributed by atoms with Gasteiger partial charge in [0.25, 0.3) is 0 Å². The van der Waals surface area contributed by atoms with Crippen molar-refractivity contribution in [3.05, 3.63) is 17.5 Å². The molecule has 2 fully saturated rings. The molecular formula is C15H24N4O3. The number of amides is 2. The second kappa shape index (κ2) is 6.66. The molecule has 2 heterocycles. The maximum absolute atomic E-state index is 12.3. The topological polar surface area (TPSA) is 68.6 Å². The Hall–Kier alpha value is -1.60. The molecule has 0 bridgehead atoms. The first kappa shape index (κ1) is 15.3. The number of urea groups is 1. The summed E-state index contributed by atoms with van der Waals surface area (Å²) >= 11 is 0. The molecule has 7 nitrogen and oxygen atoms in total. The van der Waals surface area contributed by atoms with Gasteiger partial charge >= 0.3 is 6.03 Å². The fourth-order valence-corrected chi connectivity index (χ4v) is 2.89. The molecule has 0 aromatic carbocycles. The number of ether oxygens (including phenoxy) is 2.